The van der Waals surface area contributed by atoms with Gasteiger partial charge < -0.3 is 5.32 Å². The Balaban J connectivity index is 2.30. The van der Waals surface area contributed by atoms with Crippen LogP contribution in [0.25, 0.3) is 0 Å². The number of thiol groups is 1. The SMILES string of the molecule is O=C(CCc1ccc(Cl)cc1)NCCS. The standard InChI is InChI=1S/C11H14ClNOS/c12-10-4-1-9(2-5-10)3-6-11(14)13-7-8-15/h1-2,4-5,15H,3,6-8H2,(H,13,14). The van der Waals surface area contributed by atoms with Gasteiger partial charge in [-0.15, -0.1) is 0 Å². The smallest absolute Gasteiger partial charge is 0.220 e. The molecule has 0 aliphatic heterocycles. The molecule has 0 aliphatic rings. The lowest BCUT2D eigenvalue weighted by Crippen LogP contribution is -2.25. The number of hydrogen-bond donors (Lipinski definition) is 2. The van der Waals surface area contributed by atoms with Gasteiger partial charge in [-0.25, -0.2) is 0 Å². The fourth-order valence-corrected chi connectivity index (χ4v) is 1.43. The van der Waals surface area contributed by atoms with Gasteiger partial charge in [0.05, 0.1) is 0 Å². The Kier molecular flexibility index (Phi) is 5.58. The molecule has 0 heterocycles. The average molecular weight is 244 g/mol. The first-order chi connectivity index (χ1) is 7.22. The van der Waals surface area contributed by atoms with Gasteiger partial charge >= 0.3 is 0 Å². The Labute approximate surface area is 100 Å². The molecule has 1 rings (SSSR count). The fourth-order valence-electron chi connectivity index (χ4n) is 1.19. The minimum Gasteiger partial charge on any atom is -0.355 e. The van der Waals surface area contributed by atoms with Crippen molar-refractivity contribution in [2.75, 3.05) is 12.3 Å². The molecule has 0 radical (unpaired) electrons. The van der Waals surface area contributed by atoms with Gasteiger partial charge in [-0.05, 0) is 24.1 Å². The van der Waals surface area contributed by atoms with Crippen LogP contribution in [0.4, 0.5) is 0 Å². The highest BCUT2D eigenvalue weighted by Gasteiger charge is 2.00. The van der Waals surface area contributed by atoms with E-state index in [9.17, 15) is 4.79 Å². The molecule has 0 saturated carbocycles. The van der Waals surface area contributed by atoms with Crippen molar-refractivity contribution in [3.63, 3.8) is 0 Å². The number of halogens is 1. The number of rotatable bonds is 5. The van der Waals surface area contributed by atoms with Gasteiger partial charge in [0.25, 0.3) is 0 Å². The van der Waals surface area contributed by atoms with E-state index in [0.717, 1.165) is 17.0 Å². The van der Waals surface area contributed by atoms with E-state index in [1.807, 2.05) is 24.3 Å². The number of hydrogen-bond acceptors (Lipinski definition) is 2. The van der Waals surface area contributed by atoms with E-state index in [1.165, 1.54) is 0 Å². The molecule has 0 atom stereocenters. The van der Waals surface area contributed by atoms with E-state index in [1.54, 1.807) is 0 Å². The second-order valence-corrected chi connectivity index (χ2v) is 4.08. The lowest BCUT2D eigenvalue weighted by molar-refractivity contribution is -0.120. The molecule has 0 aromatic heterocycles. The first-order valence-corrected chi connectivity index (χ1v) is 5.85. The Bertz CT molecular complexity index is 313. The number of carbonyl (C=O) groups excluding carboxylic acids is 1. The molecule has 0 aliphatic carbocycles. The summed E-state index contributed by atoms with van der Waals surface area (Å²) in [5.74, 6) is 0.742. The van der Waals surface area contributed by atoms with Crippen molar-refractivity contribution in [2.45, 2.75) is 12.8 Å². The van der Waals surface area contributed by atoms with Crippen molar-refractivity contribution in [1.82, 2.24) is 5.32 Å². The maximum absolute atomic E-state index is 11.3. The first kappa shape index (κ1) is 12.4. The molecule has 1 amide bonds. The minimum absolute atomic E-state index is 0.0685. The second-order valence-electron chi connectivity index (χ2n) is 3.20. The summed E-state index contributed by atoms with van der Waals surface area (Å²) in [4.78, 5) is 11.3. The molecular weight excluding hydrogens is 230 g/mol. The zero-order valence-electron chi connectivity index (χ0n) is 8.37. The molecule has 0 saturated heterocycles. The lowest BCUT2D eigenvalue weighted by Gasteiger charge is -2.03. The summed E-state index contributed by atoms with van der Waals surface area (Å²) in [6.45, 7) is 0.628. The van der Waals surface area contributed by atoms with Gasteiger partial charge in [-0.1, -0.05) is 23.7 Å². The molecule has 1 aromatic carbocycles. The molecule has 0 bridgehead atoms. The minimum atomic E-state index is 0.0685. The molecule has 82 valence electrons. The molecule has 4 heteroatoms. The molecule has 1 N–H and O–H groups in total. The normalized spacial score (nSPS) is 10.0. The van der Waals surface area contributed by atoms with E-state index >= 15 is 0 Å². The predicted octanol–water partition coefficient (Wildman–Crippen LogP) is 2.32. The summed E-state index contributed by atoms with van der Waals surface area (Å²) in [7, 11) is 0. The summed E-state index contributed by atoms with van der Waals surface area (Å²) in [5.41, 5.74) is 1.13. The predicted molar refractivity (Wildman–Crippen MR) is 66.6 cm³/mol. The topological polar surface area (TPSA) is 29.1 Å². The van der Waals surface area contributed by atoms with Crippen molar-refractivity contribution >= 4 is 30.1 Å². The van der Waals surface area contributed by atoms with Crippen LogP contribution in [0.15, 0.2) is 24.3 Å². The van der Waals surface area contributed by atoms with Gasteiger partial charge in [0, 0.05) is 23.7 Å². The highest BCUT2D eigenvalue weighted by atomic mass is 35.5. The number of nitrogens with one attached hydrogen (secondary N) is 1. The summed E-state index contributed by atoms with van der Waals surface area (Å²) < 4.78 is 0. The van der Waals surface area contributed by atoms with Crippen LogP contribution < -0.4 is 5.32 Å². The molecule has 1 aromatic rings. The maximum Gasteiger partial charge on any atom is 0.220 e. The largest absolute Gasteiger partial charge is 0.355 e. The Hall–Kier alpha value is -0.670. The summed E-state index contributed by atoms with van der Waals surface area (Å²) >= 11 is 9.77. The zero-order chi connectivity index (χ0) is 11.1. The van der Waals surface area contributed by atoms with Crippen molar-refractivity contribution in [2.24, 2.45) is 0 Å². The van der Waals surface area contributed by atoms with E-state index in [0.29, 0.717) is 18.7 Å². The molecule has 0 spiro atoms. The number of carbonyl (C=O) groups is 1. The van der Waals surface area contributed by atoms with Crippen LogP contribution in [-0.2, 0) is 11.2 Å². The Morgan fingerprint density at radius 2 is 2.00 bits per heavy atom. The first-order valence-electron chi connectivity index (χ1n) is 4.84. The van der Waals surface area contributed by atoms with E-state index in [4.69, 9.17) is 11.6 Å². The van der Waals surface area contributed by atoms with Crippen LogP contribution >= 0.6 is 24.2 Å². The Morgan fingerprint density at radius 3 is 2.60 bits per heavy atom. The van der Waals surface area contributed by atoms with Crippen molar-refractivity contribution in [1.29, 1.82) is 0 Å². The van der Waals surface area contributed by atoms with Gasteiger partial charge in [0.2, 0.25) is 5.91 Å². The molecular formula is C11H14ClNOS. The van der Waals surface area contributed by atoms with Crippen molar-refractivity contribution in [3.8, 4) is 0 Å². The van der Waals surface area contributed by atoms with E-state index < -0.39 is 0 Å². The maximum atomic E-state index is 11.3. The van der Waals surface area contributed by atoms with Crippen molar-refractivity contribution in [3.05, 3.63) is 34.9 Å². The van der Waals surface area contributed by atoms with E-state index in [2.05, 4.69) is 17.9 Å². The van der Waals surface area contributed by atoms with Gasteiger partial charge in [-0.3, -0.25) is 4.79 Å². The number of benzene rings is 1. The van der Waals surface area contributed by atoms with Gasteiger partial charge in [0.1, 0.15) is 0 Å². The van der Waals surface area contributed by atoms with E-state index in [-0.39, 0.29) is 5.91 Å². The fraction of sp³-hybridized carbons (Fsp3) is 0.364. The van der Waals surface area contributed by atoms with Crippen LogP contribution in [0.2, 0.25) is 5.02 Å². The molecule has 2 nitrogen and oxygen atoms in total. The van der Waals surface area contributed by atoms with Gasteiger partial charge in [0.15, 0.2) is 0 Å². The van der Waals surface area contributed by atoms with Crippen molar-refractivity contribution < 1.29 is 4.79 Å². The third kappa shape index (κ3) is 5.09. The molecule has 0 fully saturated rings. The van der Waals surface area contributed by atoms with Crippen LogP contribution in [0.3, 0.4) is 0 Å². The number of amides is 1. The van der Waals surface area contributed by atoms with Crippen LogP contribution in [0.5, 0.6) is 0 Å². The number of aryl methyl sites for hydroxylation is 1. The lowest BCUT2D eigenvalue weighted by atomic mass is 10.1. The van der Waals surface area contributed by atoms with Gasteiger partial charge in [-0.2, -0.15) is 12.6 Å². The highest BCUT2D eigenvalue weighted by Crippen LogP contribution is 2.10. The average Bonchev–Trinajstić information content (AvgIpc) is 2.25. The third-order valence-corrected chi connectivity index (χ3v) is 2.46. The highest BCUT2D eigenvalue weighted by molar-refractivity contribution is 7.80. The molecule has 15 heavy (non-hydrogen) atoms. The van der Waals surface area contributed by atoms with Crippen LogP contribution in [-0.4, -0.2) is 18.2 Å². The second kappa shape index (κ2) is 6.75. The molecule has 0 unspecified atom stereocenters. The Morgan fingerprint density at radius 1 is 1.33 bits per heavy atom. The quantitative estimate of drug-likeness (QED) is 0.764. The monoisotopic (exact) mass is 243 g/mol. The summed E-state index contributed by atoms with van der Waals surface area (Å²) in [5, 5.41) is 3.49. The zero-order valence-corrected chi connectivity index (χ0v) is 10.0. The van der Waals surface area contributed by atoms with Crippen LogP contribution in [0.1, 0.15) is 12.0 Å². The third-order valence-electron chi connectivity index (χ3n) is 1.99. The summed E-state index contributed by atoms with van der Waals surface area (Å²) in [6, 6.07) is 7.55. The summed E-state index contributed by atoms with van der Waals surface area (Å²) in [6.07, 6.45) is 1.25. The van der Waals surface area contributed by atoms with Crippen LogP contribution in [0, 0.1) is 0 Å².